The van der Waals surface area contributed by atoms with Crippen molar-refractivity contribution in [2.45, 2.75) is 70.6 Å². The Kier molecular flexibility index (Phi) is 5.41. The lowest BCUT2D eigenvalue weighted by molar-refractivity contribution is 0.541. The van der Waals surface area contributed by atoms with E-state index in [9.17, 15) is 0 Å². The third-order valence-electron chi connectivity index (χ3n) is 4.13. The molecule has 16 heavy (non-hydrogen) atoms. The molecule has 0 radical (unpaired) electrons. The van der Waals surface area contributed by atoms with Crippen LogP contribution in [0.3, 0.4) is 0 Å². The fourth-order valence-corrected chi connectivity index (χ4v) is 3.08. The van der Waals surface area contributed by atoms with Gasteiger partial charge in [-0.05, 0) is 51.5 Å². The molecule has 2 aliphatic rings. The zero-order chi connectivity index (χ0) is 11.1. The first-order valence-electron chi connectivity index (χ1n) is 7.37. The Hall–Kier alpha value is -0.300. The van der Waals surface area contributed by atoms with E-state index in [2.05, 4.69) is 5.32 Å². The number of hydrogen-bond donors (Lipinski definition) is 1. The van der Waals surface area contributed by atoms with Crippen LogP contribution in [0.5, 0.6) is 0 Å². The Morgan fingerprint density at radius 1 is 0.562 bits per heavy atom. The van der Waals surface area contributed by atoms with Gasteiger partial charge in [-0.3, -0.25) is 0 Å². The zero-order valence-electron chi connectivity index (χ0n) is 10.7. The van der Waals surface area contributed by atoms with Crippen LogP contribution in [-0.4, -0.2) is 13.1 Å². The Morgan fingerprint density at radius 2 is 1.12 bits per heavy atom. The maximum absolute atomic E-state index is 3.64. The van der Waals surface area contributed by atoms with Gasteiger partial charge in [-0.1, -0.05) is 36.8 Å². The summed E-state index contributed by atoms with van der Waals surface area (Å²) in [6.45, 7) is 2.42. The molecule has 0 spiro atoms. The van der Waals surface area contributed by atoms with Gasteiger partial charge in [-0.2, -0.15) is 0 Å². The maximum atomic E-state index is 3.64. The van der Waals surface area contributed by atoms with Crippen LogP contribution in [0.25, 0.3) is 0 Å². The van der Waals surface area contributed by atoms with E-state index in [1.54, 1.807) is 5.57 Å². The summed E-state index contributed by atoms with van der Waals surface area (Å²) in [6.07, 6.45) is 15.7. The van der Waals surface area contributed by atoms with Crippen molar-refractivity contribution < 1.29 is 0 Å². The molecule has 1 heterocycles. The summed E-state index contributed by atoms with van der Waals surface area (Å²) in [5.41, 5.74) is 3.61. The van der Waals surface area contributed by atoms with Crippen molar-refractivity contribution >= 4 is 0 Å². The molecule has 1 heteroatoms. The second-order valence-corrected chi connectivity index (χ2v) is 5.46. The van der Waals surface area contributed by atoms with Crippen LogP contribution in [0.15, 0.2) is 11.1 Å². The van der Waals surface area contributed by atoms with Gasteiger partial charge < -0.3 is 5.32 Å². The minimum atomic E-state index is 1.19. The highest BCUT2D eigenvalue weighted by Gasteiger charge is 2.11. The van der Waals surface area contributed by atoms with Crippen molar-refractivity contribution in [2.75, 3.05) is 13.1 Å². The van der Waals surface area contributed by atoms with E-state index >= 15 is 0 Å². The molecule has 0 aromatic carbocycles. The summed E-state index contributed by atoms with van der Waals surface area (Å²) < 4.78 is 0. The first-order valence-corrected chi connectivity index (χ1v) is 7.37. The molecule has 0 aromatic rings. The third kappa shape index (κ3) is 3.93. The number of rotatable bonds is 0. The Balaban J connectivity index is 2.00. The number of allylic oxidation sites excluding steroid dienone is 1. The van der Waals surface area contributed by atoms with Crippen molar-refractivity contribution in [3.63, 3.8) is 0 Å². The molecule has 0 bridgehead atoms. The molecule has 1 nitrogen and oxygen atoms in total. The standard InChI is InChI=1S/C15H27N/c1-2-7-11-15-13-16-12-8-4-3-6-10-14(15)9-5-1/h16H,1-13H2/b15-14-. The van der Waals surface area contributed by atoms with E-state index in [-0.39, 0.29) is 0 Å². The number of hydrogen-bond acceptors (Lipinski definition) is 1. The monoisotopic (exact) mass is 221 g/mol. The van der Waals surface area contributed by atoms with E-state index in [4.69, 9.17) is 0 Å². The van der Waals surface area contributed by atoms with Gasteiger partial charge in [0.05, 0.1) is 0 Å². The summed E-state index contributed by atoms with van der Waals surface area (Å²) in [6, 6.07) is 0. The van der Waals surface area contributed by atoms with E-state index in [1.165, 1.54) is 83.7 Å². The topological polar surface area (TPSA) is 12.0 Å². The summed E-state index contributed by atoms with van der Waals surface area (Å²) in [5.74, 6) is 0. The van der Waals surface area contributed by atoms with Crippen molar-refractivity contribution in [3.05, 3.63) is 11.1 Å². The number of nitrogens with one attached hydrogen (secondary N) is 1. The minimum absolute atomic E-state index is 1.19. The molecule has 1 aliphatic carbocycles. The molecular formula is C15H27N. The molecule has 92 valence electrons. The first-order chi connectivity index (χ1) is 7.97. The average Bonchev–Trinajstić information content (AvgIpc) is 2.28. The lowest BCUT2D eigenvalue weighted by Crippen LogP contribution is -2.20. The SMILES string of the molecule is C1CCC/C2=C(/CCCCCC2)CNCC1. The second kappa shape index (κ2) is 7.11. The molecule has 1 aliphatic heterocycles. The third-order valence-corrected chi connectivity index (χ3v) is 4.13. The van der Waals surface area contributed by atoms with Gasteiger partial charge in [0, 0.05) is 6.54 Å². The average molecular weight is 221 g/mol. The van der Waals surface area contributed by atoms with Crippen LogP contribution < -0.4 is 5.32 Å². The fourth-order valence-electron chi connectivity index (χ4n) is 3.08. The van der Waals surface area contributed by atoms with Gasteiger partial charge >= 0.3 is 0 Å². The quantitative estimate of drug-likeness (QED) is 0.605. The van der Waals surface area contributed by atoms with Crippen molar-refractivity contribution in [1.82, 2.24) is 5.32 Å². The van der Waals surface area contributed by atoms with Crippen molar-refractivity contribution in [3.8, 4) is 0 Å². The Morgan fingerprint density at radius 3 is 1.81 bits per heavy atom. The van der Waals surface area contributed by atoms with Crippen molar-refractivity contribution in [2.24, 2.45) is 0 Å². The summed E-state index contributed by atoms with van der Waals surface area (Å²) in [7, 11) is 0. The highest BCUT2D eigenvalue weighted by Crippen LogP contribution is 2.27. The van der Waals surface area contributed by atoms with Crippen LogP contribution in [0.4, 0.5) is 0 Å². The molecule has 0 amide bonds. The van der Waals surface area contributed by atoms with Gasteiger partial charge in [0.25, 0.3) is 0 Å². The van der Waals surface area contributed by atoms with Gasteiger partial charge in [0.2, 0.25) is 0 Å². The van der Waals surface area contributed by atoms with Crippen LogP contribution in [0.2, 0.25) is 0 Å². The molecule has 0 atom stereocenters. The Bertz CT molecular complexity index is 206. The molecular weight excluding hydrogens is 194 g/mol. The zero-order valence-corrected chi connectivity index (χ0v) is 10.7. The molecule has 0 saturated heterocycles. The summed E-state index contributed by atoms with van der Waals surface area (Å²) >= 11 is 0. The maximum Gasteiger partial charge on any atom is 0.0167 e. The summed E-state index contributed by atoms with van der Waals surface area (Å²) in [4.78, 5) is 0. The minimum Gasteiger partial charge on any atom is -0.313 e. The molecule has 0 saturated carbocycles. The first kappa shape index (κ1) is 12.2. The molecule has 0 fully saturated rings. The van der Waals surface area contributed by atoms with Crippen LogP contribution in [0.1, 0.15) is 70.6 Å². The van der Waals surface area contributed by atoms with Gasteiger partial charge in [0.15, 0.2) is 0 Å². The second-order valence-electron chi connectivity index (χ2n) is 5.46. The predicted molar refractivity (Wildman–Crippen MR) is 70.7 cm³/mol. The highest BCUT2D eigenvalue weighted by atomic mass is 14.8. The van der Waals surface area contributed by atoms with Crippen LogP contribution >= 0.6 is 0 Å². The smallest absolute Gasteiger partial charge is 0.0167 e. The summed E-state index contributed by atoms with van der Waals surface area (Å²) in [5, 5.41) is 3.64. The van der Waals surface area contributed by atoms with Crippen LogP contribution in [-0.2, 0) is 0 Å². The van der Waals surface area contributed by atoms with Gasteiger partial charge in [-0.15, -0.1) is 0 Å². The highest BCUT2D eigenvalue weighted by molar-refractivity contribution is 5.17. The van der Waals surface area contributed by atoms with E-state index in [0.29, 0.717) is 0 Å². The van der Waals surface area contributed by atoms with E-state index < -0.39 is 0 Å². The normalized spacial score (nSPS) is 30.0. The van der Waals surface area contributed by atoms with E-state index in [0.717, 1.165) is 0 Å². The van der Waals surface area contributed by atoms with E-state index in [1.807, 2.05) is 5.57 Å². The van der Waals surface area contributed by atoms with Crippen molar-refractivity contribution in [1.29, 1.82) is 0 Å². The molecule has 2 rings (SSSR count). The molecule has 0 unspecified atom stereocenters. The lowest BCUT2D eigenvalue weighted by Gasteiger charge is -2.20. The predicted octanol–water partition coefficient (Wildman–Crippen LogP) is 4.19. The van der Waals surface area contributed by atoms with Gasteiger partial charge in [0.1, 0.15) is 0 Å². The fraction of sp³-hybridized carbons (Fsp3) is 0.867. The van der Waals surface area contributed by atoms with Gasteiger partial charge in [-0.25, -0.2) is 0 Å². The molecule has 1 N–H and O–H groups in total. The Labute approximate surface area is 101 Å². The molecule has 0 aromatic heterocycles. The largest absolute Gasteiger partial charge is 0.313 e. The lowest BCUT2D eigenvalue weighted by atomic mass is 9.89. The van der Waals surface area contributed by atoms with Crippen LogP contribution in [0, 0.1) is 0 Å².